The minimum absolute atomic E-state index is 0.116. The number of guanidine groups is 1. The lowest BCUT2D eigenvalue weighted by atomic mass is 9.99. The van der Waals surface area contributed by atoms with E-state index in [0.29, 0.717) is 13.1 Å². The Kier molecular flexibility index (Phi) is 9.22. The van der Waals surface area contributed by atoms with Gasteiger partial charge in [-0.3, -0.25) is 4.79 Å². The molecule has 1 aliphatic rings. The van der Waals surface area contributed by atoms with Crippen LogP contribution in [0.25, 0.3) is 0 Å². The van der Waals surface area contributed by atoms with Crippen molar-refractivity contribution in [3.8, 4) is 0 Å². The van der Waals surface area contributed by atoms with Crippen LogP contribution in [0.15, 0.2) is 23.3 Å². The van der Waals surface area contributed by atoms with Gasteiger partial charge in [-0.25, -0.2) is 9.98 Å². The molecule has 0 bridgehead atoms. The van der Waals surface area contributed by atoms with Gasteiger partial charge in [0.15, 0.2) is 5.96 Å². The van der Waals surface area contributed by atoms with Gasteiger partial charge in [0, 0.05) is 46.0 Å². The summed E-state index contributed by atoms with van der Waals surface area (Å²) in [7, 11) is 1.90. The summed E-state index contributed by atoms with van der Waals surface area (Å²) in [5, 5.41) is 3.28. The molecule has 0 atom stereocenters. The lowest BCUT2D eigenvalue weighted by molar-refractivity contribution is -0.131. The lowest BCUT2D eigenvalue weighted by Crippen LogP contribution is -2.45. The van der Waals surface area contributed by atoms with E-state index < -0.39 is 0 Å². The molecule has 1 amide bonds. The standard InChI is InChI=1S/C22H38N6O/c1-6-23-22(26(5)17-21(29)27(7-2)8-3)25-16-19-9-10-20(24-15-19)28-13-11-18(4)12-14-28/h9-10,15,18H,6-8,11-14,16-17H2,1-5H3,(H,23,25). The zero-order valence-electron chi connectivity index (χ0n) is 18.8. The van der Waals surface area contributed by atoms with Gasteiger partial charge in [-0.05, 0) is 51.2 Å². The first-order chi connectivity index (χ1) is 14.0. The van der Waals surface area contributed by atoms with E-state index in [-0.39, 0.29) is 5.91 Å². The van der Waals surface area contributed by atoms with E-state index in [1.54, 1.807) is 0 Å². The Balaban J connectivity index is 1.97. The van der Waals surface area contributed by atoms with Crippen LogP contribution in [0.2, 0.25) is 0 Å². The number of anilines is 1. The predicted molar refractivity (Wildman–Crippen MR) is 120 cm³/mol. The minimum Gasteiger partial charge on any atom is -0.357 e. The molecule has 1 N–H and O–H groups in total. The van der Waals surface area contributed by atoms with Gasteiger partial charge in [-0.2, -0.15) is 0 Å². The molecule has 1 saturated heterocycles. The molecule has 0 unspecified atom stereocenters. The zero-order valence-corrected chi connectivity index (χ0v) is 18.8. The molecular weight excluding hydrogens is 364 g/mol. The van der Waals surface area contributed by atoms with Gasteiger partial charge in [-0.1, -0.05) is 13.0 Å². The Morgan fingerprint density at radius 1 is 1.24 bits per heavy atom. The summed E-state index contributed by atoms with van der Waals surface area (Å²) in [6.07, 6.45) is 4.39. The van der Waals surface area contributed by atoms with Crippen molar-refractivity contribution in [1.29, 1.82) is 0 Å². The largest absolute Gasteiger partial charge is 0.357 e. The molecular formula is C22H38N6O. The number of aromatic nitrogens is 1. The summed E-state index contributed by atoms with van der Waals surface area (Å²) >= 11 is 0. The molecule has 1 fully saturated rings. The molecule has 1 aromatic rings. The van der Waals surface area contributed by atoms with E-state index >= 15 is 0 Å². The van der Waals surface area contributed by atoms with Crippen molar-refractivity contribution >= 4 is 17.7 Å². The number of nitrogens with zero attached hydrogens (tertiary/aromatic N) is 5. The number of carbonyl (C=O) groups excluding carboxylic acids is 1. The van der Waals surface area contributed by atoms with Gasteiger partial charge in [0.1, 0.15) is 5.82 Å². The fourth-order valence-electron chi connectivity index (χ4n) is 3.52. The normalized spacial score (nSPS) is 15.3. The maximum Gasteiger partial charge on any atom is 0.242 e. The average Bonchev–Trinajstić information content (AvgIpc) is 2.73. The van der Waals surface area contributed by atoms with Crippen LogP contribution in [0.4, 0.5) is 5.82 Å². The molecule has 162 valence electrons. The Labute approximate surface area is 176 Å². The second kappa shape index (κ2) is 11.6. The second-order valence-electron chi connectivity index (χ2n) is 7.79. The quantitative estimate of drug-likeness (QED) is 0.535. The zero-order chi connectivity index (χ0) is 21.2. The van der Waals surface area contributed by atoms with Gasteiger partial charge in [0.05, 0.1) is 13.1 Å². The van der Waals surface area contributed by atoms with Gasteiger partial charge in [0.25, 0.3) is 0 Å². The van der Waals surface area contributed by atoms with Gasteiger partial charge in [-0.15, -0.1) is 0 Å². The third-order valence-corrected chi connectivity index (χ3v) is 5.51. The Hall–Kier alpha value is -2.31. The molecule has 0 aromatic carbocycles. The van der Waals surface area contributed by atoms with Crippen molar-refractivity contribution in [3.63, 3.8) is 0 Å². The van der Waals surface area contributed by atoms with Crippen LogP contribution in [-0.4, -0.2) is 73.0 Å². The number of likely N-dealkylation sites (N-methyl/N-ethyl adjacent to an activating group) is 2. The number of amides is 1. The van der Waals surface area contributed by atoms with E-state index in [9.17, 15) is 4.79 Å². The summed E-state index contributed by atoms with van der Waals surface area (Å²) in [6, 6.07) is 4.20. The SMILES string of the molecule is CCNC(=NCc1ccc(N2CCC(C)CC2)nc1)N(C)CC(=O)N(CC)CC. The smallest absolute Gasteiger partial charge is 0.242 e. The van der Waals surface area contributed by atoms with Crippen LogP contribution in [0.3, 0.4) is 0 Å². The molecule has 2 heterocycles. The van der Waals surface area contributed by atoms with Crippen LogP contribution in [0.5, 0.6) is 0 Å². The van der Waals surface area contributed by atoms with Crippen molar-refractivity contribution in [2.24, 2.45) is 10.9 Å². The van der Waals surface area contributed by atoms with E-state index in [1.807, 2.05) is 43.8 Å². The molecule has 0 radical (unpaired) electrons. The summed E-state index contributed by atoms with van der Waals surface area (Å²) in [5.74, 6) is 2.72. The molecule has 7 heteroatoms. The number of rotatable bonds is 8. The van der Waals surface area contributed by atoms with Crippen LogP contribution in [-0.2, 0) is 11.3 Å². The molecule has 0 aliphatic carbocycles. The summed E-state index contributed by atoms with van der Waals surface area (Å²) in [6.45, 7) is 13.6. The summed E-state index contributed by atoms with van der Waals surface area (Å²) < 4.78 is 0. The Morgan fingerprint density at radius 3 is 2.48 bits per heavy atom. The van der Waals surface area contributed by atoms with E-state index in [1.165, 1.54) is 12.8 Å². The first kappa shape index (κ1) is 23.0. The fraction of sp³-hybridized carbons (Fsp3) is 0.682. The predicted octanol–water partition coefficient (Wildman–Crippen LogP) is 2.58. The van der Waals surface area contributed by atoms with Crippen LogP contribution in [0, 0.1) is 5.92 Å². The first-order valence-electron chi connectivity index (χ1n) is 11.0. The maximum atomic E-state index is 12.4. The topological polar surface area (TPSA) is 64.1 Å². The van der Waals surface area contributed by atoms with Gasteiger partial charge >= 0.3 is 0 Å². The molecule has 2 rings (SSSR count). The fourth-order valence-corrected chi connectivity index (χ4v) is 3.52. The summed E-state index contributed by atoms with van der Waals surface area (Å²) in [5.41, 5.74) is 1.07. The number of carbonyl (C=O) groups is 1. The third-order valence-electron chi connectivity index (χ3n) is 5.51. The summed E-state index contributed by atoms with van der Waals surface area (Å²) in [4.78, 5) is 27.8. The van der Waals surface area contributed by atoms with Crippen LogP contribution in [0.1, 0.15) is 46.1 Å². The third kappa shape index (κ3) is 6.91. The minimum atomic E-state index is 0.116. The molecule has 0 spiro atoms. The molecule has 29 heavy (non-hydrogen) atoms. The van der Waals surface area contributed by atoms with Crippen molar-refractivity contribution in [3.05, 3.63) is 23.9 Å². The number of pyridine rings is 1. The van der Waals surface area contributed by atoms with Crippen LogP contribution >= 0.6 is 0 Å². The van der Waals surface area contributed by atoms with E-state index in [0.717, 1.165) is 56.0 Å². The number of nitrogens with one attached hydrogen (secondary N) is 1. The highest BCUT2D eigenvalue weighted by Gasteiger charge is 2.17. The first-order valence-corrected chi connectivity index (χ1v) is 11.0. The van der Waals surface area contributed by atoms with Crippen molar-refractivity contribution in [1.82, 2.24) is 20.1 Å². The number of hydrogen-bond acceptors (Lipinski definition) is 4. The second-order valence-corrected chi connectivity index (χ2v) is 7.79. The monoisotopic (exact) mass is 402 g/mol. The van der Waals surface area contributed by atoms with Crippen LogP contribution < -0.4 is 10.2 Å². The van der Waals surface area contributed by atoms with Gasteiger partial charge < -0.3 is 20.0 Å². The number of hydrogen-bond donors (Lipinski definition) is 1. The number of aliphatic imine (C=N–C) groups is 1. The Morgan fingerprint density at radius 2 is 1.93 bits per heavy atom. The van der Waals surface area contributed by atoms with E-state index in [4.69, 9.17) is 4.99 Å². The highest BCUT2D eigenvalue weighted by Crippen LogP contribution is 2.21. The molecule has 1 aromatic heterocycles. The van der Waals surface area contributed by atoms with Gasteiger partial charge in [0.2, 0.25) is 5.91 Å². The average molecular weight is 403 g/mol. The van der Waals surface area contributed by atoms with Crippen molar-refractivity contribution < 1.29 is 4.79 Å². The van der Waals surface area contributed by atoms with E-state index in [2.05, 4.69) is 34.3 Å². The van der Waals surface area contributed by atoms with Crippen molar-refractivity contribution in [2.75, 3.05) is 51.2 Å². The highest BCUT2D eigenvalue weighted by atomic mass is 16.2. The molecule has 1 aliphatic heterocycles. The van der Waals surface area contributed by atoms with Crippen molar-refractivity contribution in [2.45, 2.75) is 47.1 Å². The number of piperidine rings is 1. The molecule has 7 nitrogen and oxygen atoms in total. The lowest BCUT2D eigenvalue weighted by Gasteiger charge is -2.31. The molecule has 0 saturated carbocycles. The Bertz CT molecular complexity index is 648. The highest BCUT2D eigenvalue weighted by molar-refractivity contribution is 5.86. The maximum absolute atomic E-state index is 12.4.